The summed E-state index contributed by atoms with van der Waals surface area (Å²) in [5, 5.41) is 0. The number of rotatable bonds is 5. The summed E-state index contributed by atoms with van der Waals surface area (Å²) in [6.07, 6.45) is 1.26. The molecule has 0 saturated carbocycles. The number of carbonyl (C=O) groups is 1. The maximum Gasteiger partial charge on any atom is 0.270 e. The Balaban J connectivity index is 2.05. The first-order chi connectivity index (χ1) is 15.3. The average molecular weight is 469 g/mol. The van der Waals surface area contributed by atoms with Crippen molar-refractivity contribution in [2.75, 3.05) is 5.73 Å². The number of ether oxygens (including phenoxy) is 1. The van der Waals surface area contributed by atoms with E-state index in [1.54, 1.807) is 6.07 Å². The van der Waals surface area contributed by atoms with Crippen molar-refractivity contribution in [2.24, 2.45) is 0 Å². The summed E-state index contributed by atoms with van der Waals surface area (Å²) >= 11 is 0. The Morgan fingerprint density at radius 2 is 1.67 bits per heavy atom. The summed E-state index contributed by atoms with van der Waals surface area (Å²) in [6.45, 7) is 11.7. The first kappa shape index (κ1) is 24.2. The van der Waals surface area contributed by atoms with Crippen LogP contribution in [0, 0.1) is 20.8 Å². The minimum Gasteiger partial charge on any atom is -0.438 e. The molecule has 1 aromatic carbocycles. The molecule has 0 spiro atoms. The average Bonchev–Trinajstić information content (AvgIpc) is 2.69. The van der Waals surface area contributed by atoms with Crippen molar-refractivity contribution in [2.45, 2.75) is 51.9 Å². The molecule has 9 heteroatoms. The minimum absolute atomic E-state index is 0.00650. The molecule has 1 amide bonds. The number of anilines is 1. The van der Waals surface area contributed by atoms with Gasteiger partial charge in [0.2, 0.25) is 5.88 Å². The fourth-order valence-electron chi connectivity index (χ4n) is 3.36. The summed E-state index contributed by atoms with van der Waals surface area (Å²) in [6, 6.07) is 9.57. The number of nitrogens with one attached hydrogen (secondary N) is 1. The van der Waals surface area contributed by atoms with Crippen LogP contribution in [0.5, 0.6) is 11.6 Å². The number of benzene rings is 1. The molecule has 0 fully saturated rings. The zero-order valence-corrected chi connectivity index (χ0v) is 20.4. The van der Waals surface area contributed by atoms with Crippen LogP contribution in [0.4, 0.5) is 5.82 Å². The molecule has 0 saturated heterocycles. The van der Waals surface area contributed by atoms with Crippen LogP contribution in [0.25, 0.3) is 0 Å². The van der Waals surface area contributed by atoms with Crippen molar-refractivity contribution in [3.8, 4) is 11.6 Å². The number of hydrogen-bond acceptors (Lipinski definition) is 7. The smallest absolute Gasteiger partial charge is 0.270 e. The van der Waals surface area contributed by atoms with Gasteiger partial charge in [-0.2, -0.15) is 0 Å². The zero-order chi connectivity index (χ0) is 24.6. The number of aromatic nitrogens is 2. The lowest BCUT2D eigenvalue weighted by Gasteiger charge is -2.21. The van der Waals surface area contributed by atoms with Gasteiger partial charge in [-0.1, -0.05) is 38.5 Å². The predicted octanol–water partition coefficient (Wildman–Crippen LogP) is 4.19. The monoisotopic (exact) mass is 468 g/mol. The van der Waals surface area contributed by atoms with Gasteiger partial charge >= 0.3 is 0 Å². The first-order valence-electron chi connectivity index (χ1n) is 10.3. The number of pyridine rings is 2. The summed E-state index contributed by atoms with van der Waals surface area (Å²) in [7, 11) is -4.18. The van der Waals surface area contributed by atoms with Crippen LogP contribution in [0.3, 0.4) is 0 Å². The Morgan fingerprint density at radius 1 is 1.03 bits per heavy atom. The number of amides is 1. The standard InChI is InChI=1S/C24H28N4O4S/c1-14-11-15(2)21(16(3)12-14)32-23-18(7-8-19(27-23)24(4,5)6)22(29)28-33(30,31)17-9-10-26-20(25)13-17/h7-13H,1-6H3,(H2,25,26)(H,28,29). The Morgan fingerprint density at radius 3 is 2.24 bits per heavy atom. The van der Waals surface area contributed by atoms with E-state index in [0.29, 0.717) is 11.4 Å². The topological polar surface area (TPSA) is 124 Å². The number of sulfonamides is 1. The number of aryl methyl sites for hydroxylation is 3. The molecular weight excluding hydrogens is 440 g/mol. The first-order valence-corrected chi connectivity index (χ1v) is 11.8. The van der Waals surface area contributed by atoms with Gasteiger partial charge in [-0.15, -0.1) is 0 Å². The predicted molar refractivity (Wildman–Crippen MR) is 127 cm³/mol. The van der Waals surface area contributed by atoms with Crippen molar-refractivity contribution in [3.05, 3.63) is 70.5 Å². The Bertz CT molecular complexity index is 1310. The number of nitrogens with zero attached hydrogens (tertiary/aromatic N) is 2. The van der Waals surface area contributed by atoms with Crippen LogP contribution in [0.2, 0.25) is 0 Å². The highest BCUT2D eigenvalue weighted by molar-refractivity contribution is 7.90. The Hall–Kier alpha value is -3.46. The quantitative estimate of drug-likeness (QED) is 0.575. The van der Waals surface area contributed by atoms with Gasteiger partial charge in [0.1, 0.15) is 17.1 Å². The second-order valence-corrected chi connectivity index (χ2v) is 10.7. The molecule has 0 bridgehead atoms. The van der Waals surface area contributed by atoms with Gasteiger partial charge in [-0.05, 0) is 50.1 Å². The highest BCUT2D eigenvalue weighted by Gasteiger charge is 2.26. The Labute approximate surface area is 194 Å². The normalized spacial score (nSPS) is 11.8. The molecule has 0 unspecified atom stereocenters. The van der Waals surface area contributed by atoms with Crippen molar-refractivity contribution >= 4 is 21.7 Å². The van der Waals surface area contributed by atoms with Gasteiger partial charge in [-0.3, -0.25) is 4.79 Å². The van der Waals surface area contributed by atoms with E-state index in [2.05, 4.69) is 14.7 Å². The molecule has 0 aliphatic carbocycles. The van der Waals surface area contributed by atoms with Gasteiger partial charge in [0.15, 0.2) is 0 Å². The van der Waals surface area contributed by atoms with Crippen molar-refractivity contribution in [3.63, 3.8) is 0 Å². The van der Waals surface area contributed by atoms with Gasteiger partial charge < -0.3 is 10.5 Å². The fourth-order valence-corrected chi connectivity index (χ4v) is 4.35. The van der Waals surface area contributed by atoms with Gasteiger partial charge in [0, 0.05) is 23.4 Å². The molecule has 3 aromatic rings. The zero-order valence-electron chi connectivity index (χ0n) is 19.6. The highest BCUT2D eigenvalue weighted by atomic mass is 32.2. The molecule has 0 aliphatic rings. The van der Waals surface area contributed by atoms with Gasteiger partial charge in [0.25, 0.3) is 15.9 Å². The van der Waals surface area contributed by atoms with E-state index in [9.17, 15) is 13.2 Å². The van der Waals surface area contributed by atoms with Gasteiger partial charge in [0.05, 0.1) is 4.90 Å². The van der Waals surface area contributed by atoms with Crippen LogP contribution in [-0.4, -0.2) is 24.3 Å². The minimum atomic E-state index is -4.18. The second-order valence-electron chi connectivity index (χ2n) is 8.98. The number of nitrogens with two attached hydrogens (primary N) is 1. The van der Waals surface area contributed by atoms with E-state index < -0.39 is 15.9 Å². The van der Waals surface area contributed by atoms with E-state index in [-0.39, 0.29) is 27.6 Å². The van der Waals surface area contributed by atoms with E-state index >= 15 is 0 Å². The summed E-state index contributed by atoms with van der Waals surface area (Å²) in [5.74, 6) is -0.246. The lowest BCUT2D eigenvalue weighted by molar-refractivity contribution is 0.0978. The second kappa shape index (κ2) is 8.82. The molecule has 174 valence electrons. The fraction of sp³-hybridized carbons (Fsp3) is 0.292. The maximum absolute atomic E-state index is 13.1. The van der Waals surface area contributed by atoms with Crippen LogP contribution in [0.1, 0.15) is 53.5 Å². The van der Waals surface area contributed by atoms with Crippen molar-refractivity contribution < 1.29 is 17.9 Å². The third-order valence-corrected chi connectivity index (χ3v) is 6.30. The molecular formula is C24H28N4O4S. The summed E-state index contributed by atoms with van der Waals surface area (Å²) < 4.78 is 33.7. The molecule has 0 atom stereocenters. The number of hydrogen-bond donors (Lipinski definition) is 2. The van der Waals surface area contributed by atoms with Crippen LogP contribution in [0.15, 0.2) is 47.5 Å². The number of nitrogen functional groups attached to an aromatic ring is 1. The number of carbonyl (C=O) groups excluding carboxylic acids is 1. The van der Waals surface area contributed by atoms with Crippen molar-refractivity contribution in [1.29, 1.82) is 0 Å². The molecule has 0 radical (unpaired) electrons. The van der Waals surface area contributed by atoms with Gasteiger partial charge in [-0.25, -0.2) is 23.1 Å². The van der Waals surface area contributed by atoms with E-state index in [4.69, 9.17) is 10.5 Å². The largest absolute Gasteiger partial charge is 0.438 e. The SMILES string of the molecule is Cc1cc(C)c(Oc2nc(C(C)(C)C)ccc2C(=O)NS(=O)(=O)c2ccnc(N)c2)c(C)c1. The third kappa shape index (κ3) is 5.48. The molecule has 3 N–H and O–H groups in total. The van der Waals surface area contributed by atoms with Crippen molar-refractivity contribution in [1.82, 2.24) is 14.7 Å². The molecule has 2 aromatic heterocycles. The van der Waals surface area contributed by atoms with Crippen LogP contribution < -0.4 is 15.2 Å². The molecule has 8 nitrogen and oxygen atoms in total. The van der Waals surface area contributed by atoms with E-state index in [1.165, 1.54) is 24.4 Å². The van der Waals surface area contributed by atoms with E-state index in [1.807, 2.05) is 53.7 Å². The Kier molecular flexibility index (Phi) is 6.46. The summed E-state index contributed by atoms with van der Waals surface area (Å²) in [5.41, 5.74) is 8.79. The lowest BCUT2D eigenvalue weighted by Crippen LogP contribution is -2.31. The molecule has 3 rings (SSSR count). The highest BCUT2D eigenvalue weighted by Crippen LogP contribution is 2.33. The van der Waals surface area contributed by atoms with Crippen LogP contribution >= 0.6 is 0 Å². The molecule has 2 heterocycles. The summed E-state index contributed by atoms with van der Waals surface area (Å²) in [4.78, 5) is 21.2. The molecule has 33 heavy (non-hydrogen) atoms. The third-order valence-electron chi connectivity index (χ3n) is 4.97. The molecule has 0 aliphatic heterocycles. The van der Waals surface area contributed by atoms with E-state index in [0.717, 1.165) is 16.7 Å². The lowest BCUT2D eigenvalue weighted by atomic mass is 9.91. The maximum atomic E-state index is 13.1. The van der Waals surface area contributed by atoms with Crippen LogP contribution in [-0.2, 0) is 15.4 Å².